The Morgan fingerprint density at radius 3 is 2.88 bits per heavy atom. The molecular weight excluding hydrogens is 204 g/mol. The van der Waals surface area contributed by atoms with Crippen molar-refractivity contribution in [2.45, 2.75) is 39.0 Å². The Hall–Kier alpha value is -1.06. The third-order valence-electron chi connectivity index (χ3n) is 3.67. The van der Waals surface area contributed by atoms with Gasteiger partial charge in [-0.15, -0.1) is 0 Å². The molecule has 1 heterocycles. The second kappa shape index (κ2) is 4.85. The van der Waals surface area contributed by atoms with Crippen molar-refractivity contribution in [3.8, 4) is 0 Å². The standard InChI is InChI=1S/C12H20N2O2/c1-9-3-2-4-10(7-9)8-14-6-5-11(15)13-12(14)16/h9-10H,2-8H2,1H3,(H,13,15,16). The first kappa shape index (κ1) is 11.4. The topological polar surface area (TPSA) is 49.4 Å². The van der Waals surface area contributed by atoms with Crippen LogP contribution in [0.15, 0.2) is 0 Å². The van der Waals surface area contributed by atoms with Crippen molar-refractivity contribution in [3.63, 3.8) is 0 Å². The van der Waals surface area contributed by atoms with Gasteiger partial charge in [0, 0.05) is 19.5 Å². The summed E-state index contributed by atoms with van der Waals surface area (Å²) in [5.74, 6) is 1.27. The summed E-state index contributed by atoms with van der Waals surface area (Å²) < 4.78 is 0. The van der Waals surface area contributed by atoms with Crippen LogP contribution < -0.4 is 5.32 Å². The van der Waals surface area contributed by atoms with Crippen LogP contribution in [0.5, 0.6) is 0 Å². The molecule has 2 fully saturated rings. The summed E-state index contributed by atoms with van der Waals surface area (Å²) in [5, 5.41) is 2.38. The second-order valence-electron chi connectivity index (χ2n) is 5.19. The third-order valence-corrected chi connectivity index (χ3v) is 3.67. The van der Waals surface area contributed by atoms with E-state index >= 15 is 0 Å². The number of nitrogens with zero attached hydrogens (tertiary/aromatic N) is 1. The molecule has 0 aromatic heterocycles. The van der Waals surface area contributed by atoms with Gasteiger partial charge >= 0.3 is 6.03 Å². The maximum Gasteiger partial charge on any atom is 0.324 e. The zero-order valence-electron chi connectivity index (χ0n) is 9.87. The quantitative estimate of drug-likeness (QED) is 0.777. The van der Waals surface area contributed by atoms with E-state index in [0.29, 0.717) is 18.9 Å². The molecule has 4 heteroatoms. The predicted molar refractivity (Wildman–Crippen MR) is 60.9 cm³/mol. The van der Waals surface area contributed by atoms with Gasteiger partial charge in [0.05, 0.1) is 0 Å². The molecule has 1 saturated carbocycles. The molecule has 3 amide bonds. The molecule has 2 atom stereocenters. The lowest BCUT2D eigenvalue weighted by atomic mass is 9.82. The van der Waals surface area contributed by atoms with E-state index in [1.165, 1.54) is 25.7 Å². The van der Waals surface area contributed by atoms with Crippen molar-refractivity contribution >= 4 is 11.9 Å². The maximum absolute atomic E-state index is 11.6. The number of carbonyl (C=O) groups excluding carboxylic acids is 2. The molecule has 2 aliphatic rings. The van der Waals surface area contributed by atoms with Gasteiger partial charge in [0.25, 0.3) is 0 Å². The molecule has 1 saturated heterocycles. The number of carbonyl (C=O) groups is 2. The molecule has 2 unspecified atom stereocenters. The Morgan fingerprint density at radius 1 is 1.38 bits per heavy atom. The zero-order chi connectivity index (χ0) is 11.5. The zero-order valence-corrected chi connectivity index (χ0v) is 9.87. The molecule has 0 bridgehead atoms. The summed E-state index contributed by atoms with van der Waals surface area (Å²) in [6.07, 6.45) is 5.50. The smallest absolute Gasteiger partial charge is 0.324 e. The molecule has 16 heavy (non-hydrogen) atoms. The van der Waals surface area contributed by atoms with Crippen LogP contribution in [0.3, 0.4) is 0 Å². The number of hydrogen-bond donors (Lipinski definition) is 1. The van der Waals surface area contributed by atoms with E-state index in [2.05, 4.69) is 12.2 Å². The Balaban J connectivity index is 1.84. The largest absolute Gasteiger partial charge is 0.324 e. The fraction of sp³-hybridized carbons (Fsp3) is 0.833. The van der Waals surface area contributed by atoms with Gasteiger partial charge in [-0.05, 0) is 24.7 Å². The van der Waals surface area contributed by atoms with Gasteiger partial charge in [0.2, 0.25) is 5.91 Å². The average molecular weight is 224 g/mol. The average Bonchev–Trinajstić information content (AvgIpc) is 2.22. The first-order chi connectivity index (χ1) is 7.65. The van der Waals surface area contributed by atoms with Gasteiger partial charge in [0.15, 0.2) is 0 Å². The Labute approximate surface area is 96.4 Å². The highest BCUT2D eigenvalue weighted by Crippen LogP contribution is 2.29. The van der Waals surface area contributed by atoms with Crippen molar-refractivity contribution in [1.82, 2.24) is 10.2 Å². The Morgan fingerprint density at radius 2 is 2.19 bits per heavy atom. The highest BCUT2D eigenvalue weighted by Gasteiger charge is 2.27. The number of nitrogens with one attached hydrogen (secondary N) is 1. The van der Waals surface area contributed by atoms with E-state index in [-0.39, 0.29) is 11.9 Å². The van der Waals surface area contributed by atoms with Crippen LogP contribution in [0.1, 0.15) is 39.0 Å². The van der Waals surface area contributed by atoms with Gasteiger partial charge in [-0.1, -0.05) is 19.8 Å². The van der Waals surface area contributed by atoms with Crippen molar-refractivity contribution < 1.29 is 9.59 Å². The van der Waals surface area contributed by atoms with E-state index in [0.717, 1.165) is 12.5 Å². The molecule has 1 aliphatic heterocycles. The van der Waals surface area contributed by atoms with Crippen molar-refractivity contribution in [1.29, 1.82) is 0 Å². The first-order valence-corrected chi connectivity index (χ1v) is 6.24. The monoisotopic (exact) mass is 224 g/mol. The van der Waals surface area contributed by atoms with E-state index in [1.54, 1.807) is 4.90 Å². The summed E-state index contributed by atoms with van der Waals surface area (Å²) in [7, 11) is 0. The summed E-state index contributed by atoms with van der Waals surface area (Å²) in [6, 6.07) is -0.200. The summed E-state index contributed by atoms with van der Waals surface area (Å²) in [5.41, 5.74) is 0. The first-order valence-electron chi connectivity index (χ1n) is 6.24. The number of rotatable bonds is 2. The van der Waals surface area contributed by atoms with Gasteiger partial charge in [0.1, 0.15) is 0 Å². The summed E-state index contributed by atoms with van der Waals surface area (Å²) in [6.45, 7) is 3.70. The van der Waals surface area contributed by atoms with Gasteiger partial charge in [-0.2, -0.15) is 0 Å². The molecule has 2 rings (SSSR count). The maximum atomic E-state index is 11.6. The molecule has 0 aromatic rings. The lowest BCUT2D eigenvalue weighted by Gasteiger charge is -2.33. The van der Waals surface area contributed by atoms with Crippen molar-refractivity contribution in [3.05, 3.63) is 0 Å². The van der Waals surface area contributed by atoms with Crippen LogP contribution >= 0.6 is 0 Å². The molecule has 0 aromatic carbocycles. The van der Waals surface area contributed by atoms with Crippen molar-refractivity contribution in [2.75, 3.05) is 13.1 Å². The number of hydrogen-bond acceptors (Lipinski definition) is 2. The van der Waals surface area contributed by atoms with E-state index in [4.69, 9.17) is 0 Å². The Bertz CT molecular complexity index is 291. The molecule has 1 N–H and O–H groups in total. The lowest BCUT2D eigenvalue weighted by molar-refractivity contribution is -0.121. The van der Waals surface area contributed by atoms with E-state index in [1.807, 2.05) is 0 Å². The van der Waals surface area contributed by atoms with Crippen molar-refractivity contribution in [2.24, 2.45) is 11.8 Å². The minimum absolute atomic E-state index is 0.140. The van der Waals surface area contributed by atoms with Crippen LogP contribution in [0.2, 0.25) is 0 Å². The fourth-order valence-corrected chi connectivity index (χ4v) is 2.81. The summed E-state index contributed by atoms with van der Waals surface area (Å²) in [4.78, 5) is 24.4. The highest BCUT2D eigenvalue weighted by atomic mass is 16.2. The second-order valence-corrected chi connectivity index (χ2v) is 5.19. The minimum atomic E-state index is -0.200. The number of amides is 3. The van der Waals surface area contributed by atoms with Gasteiger partial charge in [-0.25, -0.2) is 4.79 Å². The molecule has 90 valence electrons. The molecular formula is C12H20N2O2. The number of imide groups is 1. The van der Waals surface area contributed by atoms with E-state index < -0.39 is 0 Å². The summed E-state index contributed by atoms with van der Waals surface area (Å²) >= 11 is 0. The molecule has 1 aliphatic carbocycles. The highest BCUT2D eigenvalue weighted by molar-refractivity contribution is 5.96. The minimum Gasteiger partial charge on any atom is -0.324 e. The van der Waals surface area contributed by atoms with Crippen LogP contribution in [0.4, 0.5) is 4.79 Å². The third kappa shape index (κ3) is 2.74. The van der Waals surface area contributed by atoms with Gasteiger partial charge in [-0.3, -0.25) is 10.1 Å². The van der Waals surface area contributed by atoms with Crippen LogP contribution in [-0.4, -0.2) is 29.9 Å². The van der Waals surface area contributed by atoms with Gasteiger partial charge < -0.3 is 4.90 Å². The van der Waals surface area contributed by atoms with Crippen LogP contribution in [0, 0.1) is 11.8 Å². The number of urea groups is 1. The molecule has 4 nitrogen and oxygen atoms in total. The Kier molecular flexibility index (Phi) is 3.46. The lowest BCUT2D eigenvalue weighted by Crippen LogP contribution is -2.51. The fourth-order valence-electron chi connectivity index (χ4n) is 2.81. The molecule has 0 radical (unpaired) electrons. The van der Waals surface area contributed by atoms with E-state index in [9.17, 15) is 9.59 Å². The SMILES string of the molecule is CC1CCCC(CN2CCC(=O)NC2=O)C1. The molecule has 0 spiro atoms. The van der Waals surface area contributed by atoms with Crippen LogP contribution in [-0.2, 0) is 4.79 Å². The van der Waals surface area contributed by atoms with Crippen LogP contribution in [0.25, 0.3) is 0 Å². The normalized spacial score (nSPS) is 31.4. The predicted octanol–water partition coefficient (Wildman–Crippen LogP) is 1.75.